The van der Waals surface area contributed by atoms with E-state index in [9.17, 15) is 4.79 Å². The second kappa shape index (κ2) is 9.38. The van der Waals surface area contributed by atoms with Crippen LogP contribution in [0.15, 0.2) is 17.3 Å². The molecule has 1 aliphatic carbocycles. The number of hydrogen-bond donors (Lipinski definition) is 2. The van der Waals surface area contributed by atoms with E-state index in [0.717, 1.165) is 18.7 Å². The first-order valence-electron chi connectivity index (χ1n) is 9.08. The van der Waals surface area contributed by atoms with Gasteiger partial charge in [0.05, 0.1) is 30.7 Å². The van der Waals surface area contributed by atoms with E-state index in [2.05, 4.69) is 15.5 Å². The summed E-state index contributed by atoms with van der Waals surface area (Å²) in [7, 11) is 3.01. The Balaban J connectivity index is 1.63. The maximum Gasteiger partial charge on any atom is 0.234 e. The highest BCUT2D eigenvalue weighted by Crippen LogP contribution is 2.36. The predicted octanol–water partition coefficient (Wildman–Crippen LogP) is 3.44. The molecule has 1 amide bonds. The van der Waals surface area contributed by atoms with Crippen LogP contribution in [0.5, 0.6) is 11.5 Å². The fourth-order valence-electron chi connectivity index (χ4n) is 3.30. The number of carbonyl (C=O) groups is 1. The van der Waals surface area contributed by atoms with E-state index in [4.69, 9.17) is 26.9 Å². The van der Waals surface area contributed by atoms with Crippen molar-refractivity contribution >= 4 is 35.0 Å². The van der Waals surface area contributed by atoms with Crippen LogP contribution >= 0.6 is 23.4 Å². The van der Waals surface area contributed by atoms with Gasteiger partial charge < -0.3 is 20.6 Å². The Morgan fingerprint density at radius 3 is 2.64 bits per heavy atom. The van der Waals surface area contributed by atoms with E-state index >= 15 is 0 Å². The summed E-state index contributed by atoms with van der Waals surface area (Å²) in [6, 6.07) is 3.21. The number of anilines is 1. The van der Waals surface area contributed by atoms with Gasteiger partial charge in [-0.15, -0.1) is 10.2 Å². The average molecular weight is 426 g/mol. The number of methoxy groups -OCH3 is 2. The Morgan fingerprint density at radius 2 is 1.96 bits per heavy atom. The molecule has 3 rings (SSSR count). The summed E-state index contributed by atoms with van der Waals surface area (Å²) in [5.74, 6) is 8.11. The first-order chi connectivity index (χ1) is 13.5. The fraction of sp³-hybridized carbons (Fsp3) is 0.500. The molecule has 0 aliphatic heterocycles. The molecule has 1 fully saturated rings. The van der Waals surface area contributed by atoms with Crippen LogP contribution in [0, 0.1) is 0 Å². The molecular weight excluding hydrogens is 402 g/mol. The van der Waals surface area contributed by atoms with E-state index in [-0.39, 0.29) is 11.7 Å². The Labute approximate surface area is 173 Å². The molecule has 2 aromatic rings. The Hall–Kier alpha value is -2.13. The van der Waals surface area contributed by atoms with Crippen molar-refractivity contribution in [2.24, 2.45) is 0 Å². The number of rotatable bonds is 7. The third kappa shape index (κ3) is 4.64. The number of nitrogens with one attached hydrogen (secondary N) is 1. The van der Waals surface area contributed by atoms with Gasteiger partial charge in [-0.05, 0) is 12.8 Å². The quantitative estimate of drug-likeness (QED) is 0.517. The Kier molecular flexibility index (Phi) is 6.90. The lowest BCUT2D eigenvalue weighted by atomic mass is 9.89. The number of amides is 1. The van der Waals surface area contributed by atoms with Gasteiger partial charge in [-0.25, -0.2) is 4.68 Å². The van der Waals surface area contributed by atoms with Crippen molar-refractivity contribution in [3.8, 4) is 11.5 Å². The van der Waals surface area contributed by atoms with E-state index in [1.807, 2.05) is 0 Å². The first-order valence-corrected chi connectivity index (χ1v) is 10.4. The third-order valence-corrected chi connectivity index (χ3v) is 5.98. The molecule has 1 aliphatic rings. The minimum atomic E-state index is -0.227. The van der Waals surface area contributed by atoms with Crippen molar-refractivity contribution in [2.75, 3.05) is 31.1 Å². The van der Waals surface area contributed by atoms with Gasteiger partial charge in [-0.2, -0.15) is 0 Å². The molecule has 28 heavy (non-hydrogen) atoms. The third-order valence-electron chi connectivity index (χ3n) is 4.74. The minimum absolute atomic E-state index is 0.133. The first kappa shape index (κ1) is 20.6. The van der Waals surface area contributed by atoms with Crippen LogP contribution in [0.25, 0.3) is 0 Å². The van der Waals surface area contributed by atoms with Crippen LogP contribution in [0.2, 0.25) is 5.02 Å². The summed E-state index contributed by atoms with van der Waals surface area (Å²) in [6.45, 7) is 0. The summed E-state index contributed by atoms with van der Waals surface area (Å²) < 4.78 is 12.0. The molecule has 1 heterocycles. The standard InChI is InChI=1S/C18H24ClN5O3S/c1-26-14-9-13(15(27-2)8-12(14)19)21-16(25)10-28-18-23-22-17(24(18)20)11-6-4-3-5-7-11/h8-9,11H,3-7,10,20H2,1-2H3,(H,21,25). The number of halogens is 1. The number of nitrogens with zero attached hydrogens (tertiary/aromatic N) is 3. The lowest BCUT2D eigenvalue weighted by Gasteiger charge is -2.20. The van der Waals surface area contributed by atoms with Gasteiger partial charge in [0.25, 0.3) is 0 Å². The molecule has 8 nitrogen and oxygen atoms in total. The number of carbonyl (C=O) groups excluding carboxylic acids is 1. The summed E-state index contributed by atoms with van der Waals surface area (Å²) in [5.41, 5.74) is 0.478. The van der Waals surface area contributed by atoms with E-state index < -0.39 is 0 Å². The number of aromatic nitrogens is 3. The largest absolute Gasteiger partial charge is 0.495 e. The highest BCUT2D eigenvalue weighted by molar-refractivity contribution is 7.99. The normalized spacial score (nSPS) is 14.7. The van der Waals surface area contributed by atoms with Gasteiger partial charge in [-0.1, -0.05) is 42.6 Å². The zero-order valence-electron chi connectivity index (χ0n) is 15.9. The number of nitrogens with two attached hydrogens (primary N) is 1. The average Bonchev–Trinajstić information content (AvgIpc) is 3.08. The maximum absolute atomic E-state index is 12.4. The lowest BCUT2D eigenvalue weighted by Crippen LogP contribution is -2.20. The second-order valence-corrected chi connectivity index (χ2v) is 7.92. The van der Waals surface area contributed by atoms with Gasteiger partial charge in [0.2, 0.25) is 11.1 Å². The van der Waals surface area contributed by atoms with Crippen molar-refractivity contribution in [1.82, 2.24) is 14.9 Å². The minimum Gasteiger partial charge on any atom is -0.495 e. The van der Waals surface area contributed by atoms with E-state index in [0.29, 0.717) is 33.3 Å². The smallest absolute Gasteiger partial charge is 0.234 e. The second-order valence-electron chi connectivity index (χ2n) is 6.57. The molecule has 1 aromatic heterocycles. The molecule has 10 heteroatoms. The number of benzene rings is 1. The molecule has 0 atom stereocenters. The van der Waals surface area contributed by atoms with Crippen molar-refractivity contribution in [3.05, 3.63) is 23.0 Å². The highest BCUT2D eigenvalue weighted by Gasteiger charge is 2.23. The molecule has 0 spiro atoms. The maximum atomic E-state index is 12.4. The van der Waals surface area contributed by atoms with Gasteiger partial charge in [0, 0.05) is 18.1 Å². The molecule has 0 unspecified atom stereocenters. The number of thioether (sulfide) groups is 1. The van der Waals surface area contributed by atoms with Crippen LogP contribution in [0.3, 0.4) is 0 Å². The topological polar surface area (TPSA) is 104 Å². The molecule has 152 valence electrons. The van der Waals surface area contributed by atoms with Crippen LogP contribution in [0.4, 0.5) is 5.69 Å². The molecule has 1 aromatic carbocycles. The summed E-state index contributed by atoms with van der Waals surface area (Å²) in [5, 5.41) is 12.1. The summed E-state index contributed by atoms with van der Waals surface area (Å²) >= 11 is 7.33. The summed E-state index contributed by atoms with van der Waals surface area (Å²) in [6.07, 6.45) is 5.80. The molecular formula is C18H24ClN5O3S. The van der Waals surface area contributed by atoms with Crippen LogP contribution in [-0.2, 0) is 4.79 Å². The van der Waals surface area contributed by atoms with Crippen molar-refractivity contribution in [3.63, 3.8) is 0 Å². The number of ether oxygens (including phenoxy) is 2. The lowest BCUT2D eigenvalue weighted by molar-refractivity contribution is -0.113. The Bertz CT molecular complexity index is 839. The van der Waals surface area contributed by atoms with Gasteiger partial charge >= 0.3 is 0 Å². The van der Waals surface area contributed by atoms with Gasteiger partial charge in [0.1, 0.15) is 11.5 Å². The predicted molar refractivity (Wildman–Crippen MR) is 110 cm³/mol. The summed E-state index contributed by atoms with van der Waals surface area (Å²) in [4.78, 5) is 12.4. The van der Waals surface area contributed by atoms with Gasteiger partial charge in [0.15, 0.2) is 5.82 Å². The zero-order valence-corrected chi connectivity index (χ0v) is 17.5. The number of nitrogen functional groups attached to an aromatic ring is 1. The van der Waals surface area contributed by atoms with Crippen LogP contribution in [0.1, 0.15) is 43.8 Å². The van der Waals surface area contributed by atoms with Crippen molar-refractivity contribution < 1.29 is 14.3 Å². The SMILES string of the molecule is COc1cc(NC(=O)CSc2nnc(C3CCCCC3)n2N)c(OC)cc1Cl. The Morgan fingerprint density at radius 1 is 1.25 bits per heavy atom. The van der Waals surface area contributed by atoms with E-state index in [1.54, 1.807) is 12.1 Å². The number of hydrogen-bond acceptors (Lipinski definition) is 7. The molecule has 0 radical (unpaired) electrons. The van der Waals surface area contributed by atoms with Crippen molar-refractivity contribution in [2.45, 2.75) is 43.2 Å². The molecule has 3 N–H and O–H groups in total. The van der Waals surface area contributed by atoms with Gasteiger partial charge in [-0.3, -0.25) is 4.79 Å². The van der Waals surface area contributed by atoms with Crippen LogP contribution in [-0.4, -0.2) is 40.8 Å². The zero-order chi connectivity index (χ0) is 20.1. The molecule has 0 saturated heterocycles. The molecule has 1 saturated carbocycles. The van der Waals surface area contributed by atoms with Crippen LogP contribution < -0.4 is 20.6 Å². The highest BCUT2D eigenvalue weighted by atomic mass is 35.5. The van der Waals surface area contributed by atoms with Crippen molar-refractivity contribution in [1.29, 1.82) is 0 Å². The fourth-order valence-corrected chi connectivity index (χ4v) is 4.19. The monoisotopic (exact) mass is 425 g/mol. The van der Waals surface area contributed by atoms with E-state index in [1.165, 1.54) is 49.9 Å². The molecule has 0 bridgehead atoms.